The summed E-state index contributed by atoms with van der Waals surface area (Å²) in [6.45, 7) is 1.59. The van der Waals surface area contributed by atoms with Gasteiger partial charge in [-0.25, -0.2) is 4.39 Å². The van der Waals surface area contributed by atoms with Crippen molar-refractivity contribution in [1.29, 1.82) is 0 Å². The summed E-state index contributed by atoms with van der Waals surface area (Å²) in [6, 6.07) is 11.7. The summed E-state index contributed by atoms with van der Waals surface area (Å²) < 4.78 is 13.1. The van der Waals surface area contributed by atoms with Gasteiger partial charge in [-0.1, -0.05) is 24.3 Å². The maximum Gasteiger partial charge on any atom is 0.276 e. The molecule has 0 saturated carbocycles. The van der Waals surface area contributed by atoms with Crippen LogP contribution in [0.15, 0.2) is 54.2 Å². The lowest BCUT2D eigenvalue weighted by atomic mass is 9.88. The molecule has 7 nitrogen and oxygen atoms in total. The van der Waals surface area contributed by atoms with Gasteiger partial charge in [0.05, 0.1) is 10.5 Å². The third-order valence-electron chi connectivity index (χ3n) is 4.66. The van der Waals surface area contributed by atoms with E-state index in [0.29, 0.717) is 5.56 Å². The number of nitrogens with zero attached hydrogens (tertiary/aromatic N) is 2. The molecule has 0 aliphatic carbocycles. The zero-order valence-corrected chi connectivity index (χ0v) is 15.3. The molecule has 3 rings (SSSR count). The molecule has 0 radical (unpaired) electrons. The smallest absolute Gasteiger partial charge is 0.276 e. The number of halogens is 1. The molecule has 1 N–H and O–H groups in total. The summed E-state index contributed by atoms with van der Waals surface area (Å²) >= 11 is 0. The highest BCUT2D eigenvalue weighted by molar-refractivity contribution is 6.09. The zero-order valence-electron chi connectivity index (χ0n) is 15.3. The summed E-state index contributed by atoms with van der Waals surface area (Å²) in [5, 5.41) is 13.9. The fraction of sp³-hybridized carbons (Fsp3) is 0.200. The lowest BCUT2D eigenvalue weighted by Crippen LogP contribution is -2.64. The molecule has 0 spiro atoms. The largest absolute Gasteiger partial charge is 0.336 e. The summed E-state index contributed by atoms with van der Waals surface area (Å²) in [5.74, 6) is -1.29. The molecule has 1 heterocycles. The third-order valence-corrected chi connectivity index (χ3v) is 4.66. The van der Waals surface area contributed by atoms with E-state index in [-0.39, 0.29) is 35.1 Å². The van der Waals surface area contributed by atoms with Crippen LogP contribution in [0, 0.1) is 15.9 Å². The van der Waals surface area contributed by atoms with Crippen LogP contribution in [0.4, 0.5) is 10.1 Å². The van der Waals surface area contributed by atoms with E-state index in [1.165, 1.54) is 48.4 Å². The number of rotatable bonds is 4. The SMILES string of the molecule is CN1C(=O)C(C)(Cc2ccc(F)cc2)NC(=O)/C1=C\c1ccccc1[N+](=O)[O-]. The van der Waals surface area contributed by atoms with Crippen LogP contribution in [-0.4, -0.2) is 34.2 Å². The van der Waals surface area contributed by atoms with Gasteiger partial charge in [-0.3, -0.25) is 19.7 Å². The molecular formula is C20H18FN3O4. The zero-order chi connectivity index (χ0) is 20.5. The fourth-order valence-corrected chi connectivity index (χ4v) is 3.22. The van der Waals surface area contributed by atoms with E-state index in [1.807, 2.05) is 0 Å². The summed E-state index contributed by atoms with van der Waals surface area (Å²) in [6.07, 6.45) is 1.50. The second-order valence-electron chi connectivity index (χ2n) is 6.80. The molecule has 1 fully saturated rings. The van der Waals surface area contributed by atoms with Crippen molar-refractivity contribution in [3.05, 3.63) is 81.3 Å². The first-order valence-electron chi connectivity index (χ1n) is 8.51. The number of para-hydroxylation sites is 1. The minimum Gasteiger partial charge on any atom is -0.336 e. The number of hydrogen-bond donors (Lipinski definition) is 1. The normalized spacial score (nSPS) is 21.0. The minimum absolute atomic E-state index is 0.0101. The lowest BCUT2D eigenvalue weighted by Gasteiger charge is -2.39. The number of nitro groups is 1. The summed E-state index contributed by atoms with van der Waals surface area (Å²) in [5.41, 5.74) is -0.459. The molecule has 2 amide bonds. The van der Waals surface area contributed by atoms with Crippen LogP contribution in [0.3, 0.4) is 0 Å². The number of benzene rings is 2. The Hall–Kier alpha value is -3.55. The van der Waals surface area contributed by atoms with Crippen molar-refractivity contribution in [2.45, 2.75) is 18.9 Å². The maximum absolute atomic E-state index is 13.1. The Morgan fingerprint density at radius 2 is 1.82 bits per heavy atom. The summed E-state index contributed by atoms with van der Waals surface area (Å²) in [7, 11) is 1.45. The molecule has 144 valence electrons. The molecule has 0 bridgehead atoms. The predicted octanol–water partition coefficient (Wildman–Crippen LogP) is 2.66. The standard InChI is InChI=1S/C20H18FN3O4/c1-20(12-13-7-9-15(21)10-8-13)19(26)23(2)17(18(25)22-20)11-14-5-3-4-6-16(14)24(27)28/h3-11H,12H2,1-2H3,(H,22,25)/b17-11+. The average molecular weight is 383 g/mol. The van der Waals surface area contributed by atoms with Gasteiger partial charge in [0.15, 0.2) is 0 Å². The first-order valence-corrected chi connectivity index (χ1v) is 8.51. The van der Waals surface area contributed by atoms with E-state index in [0.717, 1.165) is 0 Å². The molecule has 1 unspecified atom stereocenters. The van der Waals surface area contributed by atoms with E-state index in [1.54, 1.807) is 25.1 Å². The highest BCUT2D eigenvalue weighted by Gasteiger charge is 2.44. The quantitative estimate of drug-likeness (QED) is 0.499. The van der Waals surface area contributed by atoms with Gasteiger partial charge in [0, 0.05) is 19.5 Å². The molecule has 1 aliphatic heterocycles. The van der Waals surface area contributed by atoms with Gasteiger partial charge in [-0.15, -0.1) is 0 Å². The lowest BCUT2D eigenvalue weighted by molar-refractivity contribution is -0.385. The van der Waals surface area contributed by atoms with Gasteiger partial charge in [-0.2, -0.15) is 0 Å². The molecule has 8 heteroatoms. The van der Waals surface area contributed by atoms with Gasteiger partial charge in [-0.05, 0) is 36.8 Å². The monoisotopic (exact) mass is 383 g/mol. The van der Waals surface area contributed by atoms with Crippen LogP contribution in [0.5, 0.6) is 0 Å². The van der Waals surface area contributed by atoms with Crippen LogP contribution >= 0.6 is 0 Å². The first kappa shape index (κ1) is 19.2. The van der Waals surface area contributed by atoms with E-state index < -0.39 is 16.4 Å². The van der Waals surface area contributed by atoms with Gasteiger partial charge in [0.1, 0.15) is 17.1 Å². The predicted molar refractivity (Wildman–Crippen MR) is 100 cm³/mol. The Morgan fingerprint density at radius 3 is 2.46 bits per heavy atom. The van der Waals surface area contributed by atoms with Gasteiger partial charge in [0.25, 0.3) is 17.5 Å². The van der Waals surface area contributed by atoms with Gasteiger partial charge >= 0.3 is 0 Å². The highest BCUT2D eigenvalue weighted by Crippen LogP contribution is 2.27. The second-order valence-corrected chi connectivity index (χ2v) is 6.80. The van der Waals surface area contributed by atoms with Crippen molar-refractivity contribution in [3.63, 3.8) is 0 Å². The Bertz CT molecular complexity index is 987. The van der Waals surface area contributed by atoms with Crippen LogP contribution in [-0.2, 0) is 16.0 Å². The number of carbonyl (C=O) groups is 2. The minimum atomic E-state index is -1.22. The first-order chi connectivity index (χ1) is 13.2. The molecule has 2 aromatic rings. The number of nitro benzene ring substituents is 1. The molecule has 1 atom stereocenters. The topological polar surface area (TPSA) is 92.6 Å². The van der Waals surface area contributed by atoms with E-state index in [2.05, 4.69) is 5.32 Å². The van der Waals surface area contributed by atoms with Crippen molar-refractivity contribution in [3.8, 4) is 0 Å². The average Bonchev–Trinajstić information content (AvgIpc) is 2.65. The maximum atomic E-state index is 13.1. The van der Waals surface area contributed by atoms with E-state index in [9.17, 15) is 24.1 Å². The second kappa shape index (κ2) is 7.22. The summed E-state index contributed by atoms with van der Waals surface area (Å²) in [4.78, 5) is 37.5. The number of nitrogens with one attached hydrogen (secondary N) is 1. The van der Waals surface area contributed by atoms with Crippen LogP contribution in [0.1, 0.15) is 18.1 Å². The number of likely N-dealkylation sites (N-methyl/N-ethyl adjacent to an activating group) is 1. The Balaban J connectivity index is 1.92. The van der Waals surface area contributed by atoms with Gasteiger partial charge < -0.3 is 10.2 Å². The molecule has 1 aliphatic rings. The van der Waals surface area contributed by atoms with Crippen molar-refractivity contribution in [2.75, 3.05) is 7.05 Å². The van der Waals surface area contributed by atoms with Crippen LogP contribution in [0.2, 0.25) is 0 Å². The Morgan fingerprint density at radius 1 is 1.18 bits per heavy atom. The molecule has 0 aromatic heterocycles. The van der Waals surface area contributed by atoms with Crippen molar-refractivity contribution < 1.29 is 18.9 Å². The van der Waals surface area contributed by atoms with Crippen molar-refractivity contribution >= 4 is 23.6 Å². The van der Waals surface area contributed by atoms with Crippen molar-refractivity contribution in [2.24, 2.45) is 0 Å². The van der Waals surface area contributed by atoms with E-state index >= 15 is 0 Å². The number of carbonyl (C=O) groups excluding carboxylic acids is 2. The number of piperazine rings is 1. The Kier molecular flexibility index (Phi) is 4.96. The van der Waals surface area contributed by atoms with Crippen LogP contribution in [0.25, 0.3) is 6.08 Å². The molecule has 1 saturated heterocycles. The fourth-order valence-electron chi connectivity index (χ4n) is 3.22. The third kappa shape index (κ3) is 3.62. The number of hydrogen-bond acceptors (Lipinski definition) is 4. The molecular weight excluding hydrogens is 365 g/mol. The molecule has 28 heavy (non-hydrogen) atoms. The van der Waals surface area contributed by atoms with Crippen LogP contribution < -0.4 is 5.32 Å². The number of amides is 2. The Labute approximate surface area is 160 Å². The highest BCUT2D eigenvalue weighted by atomic mass is 19.1. The van der Waals surface area contributed by atoms with E-state index in [4.69, 9.17) is 0 Å². The molecule has 2 aromatic carbocycles. The van der Waals surface area contributed by atoms with Gasteiger partial charge in [0.2, 0.25) is 0 Å². The van der Waals surface area contributed by atoms with Crippen molar-refractivity contribution in [1.82, 2.24) is 10.2 Å².